The quantitative estimate of drug-likeness (QED) is 0.555. The van der Waals surface area contributed by atoms with Crippen LogP contribution in [-0.2, 0) is 11.3 Å². The van der Waals surface area contributed by atoms with E-state index in [2.05, 4.69) is 26.8 Å². The molecule has 0 saturated heterocycles. The van der Waals surface area contributed by atoms with Crippen LogP contribution >= 0.6 is 0 Å². The number of carbonyl (C=O) groups excluding carboxylic acids is 3. The number of aromatic nitrogens is 3. The molecular formula is C24H27N7O4. The number of hydrogen-bond donors (Lipinski definition) is 2. The molecule has 1 aliphatic heterocycles. The maximum Gasteiger partial charge on any atom is 0.274 e. The first kappa shape index (κ1) is 25.2. The SMILES string of the molecule is CC.CC(C)C(=O)Nc1cc(C#N)ccc1-c1cc2n(n1)CCN(CNC(=O)c1cocn1)C2=O. The van der Waals surface area contributed by atoms with Gasteiger partial charge in [0, 0.05) is 18.0 Å². The Morgan fingerprint density at radius 2 is 2.00 bits per heavy atom. The van der Waals surface area contributed by atoms with E-state index in [9.17, 15) is 19.6 Å². The fourth-order valence-electron chi connectivity index (χ4n) is 3.32. The standard InChI is InChI=1S/C22H21N7O4.C2H6/c1-13(2)20(30)26-16-7-14(9-23)3-4-15(16)17-8-19-22(32)28(5-6-29(19)27-17)11-24-21(31)18-10-33-12-25-18;1-2/h3-4,7-8,10,12-13H,5-6,11H2,1-2H3,(H,24,31)(H,26,30);1-2H3. The Labute approximate surface area is 202 Å². The van der Waals surface area contributed by atoms with E-state index in [1.54, 1.807) is 42.8 Å². The highest BCUT2D eigenvalue weighted by Crippen LogP contribution is 2.30. The van der Waals surface area contributed by atoms with E-state index in [-0.39, 0.29) is 30.1 Å². The predicted octanol–water partition coefficient (Wildman–Crippen LogP) is 2.87. The lowest BCUT2D eigenvalue weighted by molar-refractivity contribution is -0.118. The highest BCUT2D eigenvalue weighted by molar-refractivity contribution is 5.98. The van der Waals surface area contributed by atoms with Gasteiger partial charge in [-0.05, 0) is 24.3 Å². The molecule has 35 heavy (non-hydrogen) atoms. The minimum absolute atomic E-state index is 0.0115. The van der Waals surface area contributed by atoms with E-state index in [0.29, 0.717) is 41.3 Å². The molecule has 1 aromatic carbocycles. The molecule has 0 bridgehead atoms. The van der Waals surface area contributed by atoms with Crippen LogP contribution in [0.15, 0.2) is 41.3 Å². The number of rotatable bonds is 6. The van der Waals surface area contributed by atoms with Gasteiger partial charge in [-0.1, -0.05) is 27.7 Å². The zero-order valence-electron chi connectivity index (χ0n) is 20.0. The molecule has 3 amide bonds. The number of anilines is 1. The second-order valence-electron chi connectivity index (χ2n) is 7.76. The van der Waals surface area contributed by atoms with Crippen molar-refractivity contribution in [1.82, 2.24) is 25.0 Å². The Kier molecular flexibility index (Phi) is 7.99. The zero-order chi connectivity index (χ0) is 25.5. The molecule has 0 unspecified atom stereocenters. The molecule has 2 aromatic heterocycles. The molecule has 0 radical (unpaired) electrons. The van der Waals surface area contributed by atoms with Gasteiger partial charge in [-0.2, -0.15) is 10.4 Å². The van der Waals surface area contributed by atoms with Crippen molar-refractivity contribution < 1.29 is 18.8 Å². The smallest absolute Gasteiger partial charge is 0.274 e. The van der Waals surface area contributed by atoms with Crippen molar-refractivity contribution in [3.05, 3.63) is 53.9 Å². The Hall–Kier alpha value is -4.46. The van der Waals surface area contributed by atoms with Crippen LogP contribution in [0.2, 0.25) is 0 Å². The van der Waals surface area contributed by atoms with Crippen molar-refractivity contribution in [3.63, 3.8) is 0 Å². The molecule has 182 valence electrons. The van der Waals surface area contributed by atoms with Gasteiger partial charge in [0.2, 0.25) is 5.91 Å². The summed E-state index contributed by atoms with van der Waals surface area (Å²) in [5, 5.41) is 19.3. The molecule has 3 heterocycles. The van der Waals surface area contributed by atoms with Crippen LogP contribution < -0.4 is 10.6 Å². The van der Waals surface area contributed by atoms with E-state index < -0.39 is 5.91 Å². The number of fused-ring (bicyclic) bond motifs is 1. The van der Waals surface area contributed by atoms with Crippen LogP contribution in [0, 0.1) is 17.2 Å². The van der Waals surface area contributed by atoms with Gasteiger partial charge in [0.15, 0.2) is 12.1 Å². The molecule has 4 rings (SSSR count). The van der Waals surface area contributed by atoms with Crippen LogP contribution in [0.3, 0.4) is 0 Å². The summed E-state index contributed by atoms with van der Waals surface area (Å²) >= 11 is 0. The number of nitrogens with zero attached hydrogens (tertiary/aromatic N) is 5. The van der Waals surface area contributed by atoms with Gasteiger partial charge < -0.3 is 20.0 Å². The predicted molar refractivity (Wildman–Crippen MR) is 127 cm³/mol. The summed E-state index contributed by atoms with van der Waals surface area (Å²) in [5.41, 5.74) is 2.43. The fourth-order valence-corrected chi connectivity index (χ4v) is 3.32. The maximum atomic E-state index is 13.0. The van der Waals surface area contributed by atoms with Crippen LogP contribution in [-0.4, -0.2) is 50.6 Å². The molecule has 11 nitrogen and oxygen atoms in total. The Bertz CT molecular complexity index is 1260. The molecule has 0 spiro atoms. The average Bonchev–Trinajstić information content (AvgIpc) is 3.55. The molecule has 11 heteroatoms. The summed E-state index contributed by atoms with van der Waals surface area (Å²) in [5.74, 6) is -1.18. The van der Waals surface area contributed by atoms with Gasteiger partial charge in [-0.3, -0.25) is 19.1 Å². The van der Waals surface area contributed by atoms with E-state index >= 15 is 0 Å². The van der Waals surface area contributed by atoms with Gasteiger partial charge in [-0.25, -0.2) is 4.98 Å². The third-order valence-electron chi connectivity index (χ3n) is 5.17. The van der Waals surface area contributed by atoms with Crippen molar-refractivity contribution in [3.8, 4) is 17.3 Å². The summed E-state index contributed by atoms with van der Waals surface area (Å²) in [6.07, 6.45) is 2.38. The molecule has 0 fully saturated rings. The van der Waals surface area contributed by atoms with E-state index in [1.807, 2.05) is 13.8 Å². The van der Waals surface area contributed by atoms with Crippen molar-refractivity contribution in [2.24, 2.45) is 5.92 Å². The maximum absolute atomic E-state index is 13.0. The topological polar surface area (TPSA) is 146 Å². The first-order valence-corrected chi connectivity index (χ1v) is 11.3. The van der Waals surface area contributed by atoms with Crippen LogP contribution in [0.1, 0.15) is 54.2 Å². The molecule has 0 saturated carbocycles. The normalized spacial score (nSPS) is 12.3. The highest BCUT2D eigenvalue weighted by Gasteiger charge is 2.28. The Balaban J connectivity index is 0.00000167. The zero-order valence-corrected chi connectivity index (χ0v) is 20.0. The van der Waals surface area contributed by atoms with Crippen LogP contribution in [0.5, 0.6) is 0 Å². The number of benzene rings is 1. The summed E-state index contributed by atoms with van der Waals surface area (Å²) in [6, 6.07) is 8.61. The lowest BCUT2D eigenvalue weighted by Crippen LogP contribution is -2.46. The summed E-state index contributed by atoms with van der Waals surface area (Å²) in [6.45, 7) is 8.35. The minimum atomic E-state index is -0.445. The summed E-state index contributed by atoms with van der Waals surface area (Å²) in [4.78, 5) is 42.6. The van der Waals surface area contributed by atoms with Crippen molar-refractivity contribution in [2.45, 2.75) is 34.2 Å². The van der Waals surface area contributed by atoms with Gasteiger partial charge in [0.1, 0.15) is 12.0 Å². The van der Waals surface area contributed by atoms with Gasteiger partial charge in [0.25, 0.3) is 11.8 Å². The average molecular weight is 478 g/mol. The summed E-state index contributed by atoms with van der Waals surface area (Å²) in [7, 11) is 0. The number of amides is 3. The van der Waals surface area contributed by atoms with E-state index in [1.165, 1.54) is 11.2 Å². The van der Waals surface area contributed by atoms with Crippen LogP contribution in [0.25, 0.3) is 11.3 Å². The Morgan fingerprint density at radius 1 is 1.23 bits per heavy atom. The van der Waals surface area contributed by atoms with Crippen molar-refractivity contribution in [1.29, 1.82) is 5.26 Å². The summed E-state index contributed by atoms with van der Waals surface area (Å²) < 4.78 is 6.39. The van der Waals surface area contributed by atoms with Crippen molar-refractivity contribution >= 4 is 23.4 Å². The number of nitriles is 1. The lowest BCUT2D eigenvalue weighted by Gasteiger charge is -2.27. The number of hydrogen-bond acceptors (Lipinski definition) is 7. The number of nitrogens with one attached hydrogen (secondary N) is 2. The number of carbonyl (C=O) groups is 3. The van der Waals surface area contributed by atoms with Gasteiger partial charge in [0.05, 0.1) is 36.2 Å². The molecule has 1 aliphatic rings. The molecule has 2 N–H and O–H groups in total. The Morgan fingerprint density at radius 3 is 2.66 bits per heavy atom. The first-order valence-electron chi connectivity index (χ1n) is 11.3. The molecular weight excluding hydrogens is 450 g/mol. The fraction of sp³-hybridized carbons (Fsp3) is 0.333. The highest BCUT2D eigenvalue weighted by atomic mass is 16.3. The molecule has 3 aromatic rings. The first-order chi connectivity index (χ1) is 16.9. The third kappa shape index (κ3) is 5.55. The largest absolute Gasteiger partial charge is 0.451 e. The van der Waals surface area contributed by atoms with Gasteiger partial charge >= 0.3 is 0 Å². The second kappa shape index (κ2) is 11.1. The number of oxazole rings is 1. The second-order valence-corrected chi connectivity index (χ2v) is 7.76. The lowest BCUT2D eigenvalue weighted by atomic mass is 10.1. The van der Waals surface area contributed by atoms with E-state index in [0.717, 1.165) is 6.39 Å². The van der Waals surface area contributed by atoms with Crippen molar-refractivity contribution in [2.75, 3.05) is 18.5 Å². The molecule has 0 aliphatic carbocycles. The third-order valence-corrected chi connectivity index (χ3v) is 5.17. The molecule has 0 atom stereocenters. The minimum Gasteiger partial charge on any atom is -0.451 e. The van der Waals surface area contributed by atoms with Gasteiger partial charge in [-0.15, -0.1) is 0 Å². The van der Waals surface area contributed by atoms with E-state index in [4.69, 9.17) is 4.42 Å². The van der Waals surface area contributed by atoms with Crippen LogP contribution in [0.4, 0.5) is 5.69 Å². The monoisotopic (exact) mass is 477 g/mol.